The van der Waals surface area contributed by atoms with E-state index in [0.29, 0.717) is 6.54 Å². The van der Waals surface area contributed by atoms with E-state index in [1.165, 1.54) is 5.56 Å². The van der Waals surface area contributed by atoms with Crippen molar-refractivity contribution in [3.05, 3.63) is 51.1 Å². The average molecular weight is 335 g/mol. The number of anilines is 1. The summed E-state index contributed by atoms with van der Waals surface area (Å²) < 4.78 is 1.08. The van der Waals surface area contributed by atoms with Gasteiger partial charge in [0.05, 0.1) is 5.69 Å². The van der Waals surface area contributed by atoms with E-state index in [1.54, 1.807) is 0 Å². The molecule has 0 atom stereocenters. The standard InChI is InChI=1S/C15H19BrN4/c1-10-11(2)18-19-15(14(10)8-17)20(3)9-12-5-4-6-13(16)7-12/h4-7H,8-9,17H2,1-3H3. The normalized spacial score (nSPS) is 10.7. The molecule has 106 valence electrons. The number of halogens is 1. The van der Waals surface area contributed by atoms with Crippen LogP contribution in [0.2, 0.25) is 0 Å². The molecule has 20 heavy (non-hydrogen) atoms. The number of nitrogens with two attached hydrogens (primary N) is 1. The second-order valence-electron chi connectivity index (χ2n) is 4.90. The summed E-state index contributed by atoms with van der Waals surface area (Å²) in [6, 6.07) is 8.25. The summed E-state index contributed by atoms with van der Waals surface area (Å²) in [5, 5.41) is 8.52. The predicted octanol–water partition coefficient (Wildman–Crippen LogP) is 2.95. The van der Waals surface area contributed by atoms with E-state index in [4.69, 9.17) is 5.73 Å². The maximum atomic E-state index is 5.87. The van der Waals surface area contributed by atoms with Crippen LogP contribution < -0.4 is 10.6 Å². The van der Waals surface area contributed by atoms with Gasteiger partial charge in [-0.25, -0.2) is 0 Å². The van der Waals surface area contributed by atoms with E-state index in [9.17, 15) is 0 Å². The highest BCUT2D eigenvalue weighted by atomic mass is 79.9. The molecular weight excluding hydrogens is 316 g/mol. The van der Waals surface area contributed by atoms with Gasteiger partial charge in [-0.2, -0.15) is 5.10 Å². The lowest BCUT2D eigenvalue weighted by Crippen LogP contribution is -2.22. The lowest BCUT2D eigenvalue weighted by Gasteiger charge is -2.22. The minimum Gasteiger partial charge on any atom is -0.354 e. The number of hydrogen-bond donors (Lipinski definition) is 1. The van der Waals surface area contributed by atoms with Crippen LogP contribution >= 0.6 is 15.9 Å². The van der Waals surface area contributed by atoms with Crippen LogP contribution in [0.1, 0.15) is 22.4 Å². The van der Waals surface area contributed by atoms with Crippen LogP contribution in [0.15, 0.2) is 28.7 Å². The van der Waals surface area contributed by atoms with Gasteiger partial charge in [0.1, 0.15) is 0 Å². The first-order valence-corrected chi connectivity index (χ1v) is 7.30. The molecule has 0 saturated carbocycles. The smallest absolute Gasteiger partial charge is 0.156 e. The van der Waals surface area contributed by atoms with Crippen molar-refractivity contribution in [3.63, 3.8) is 0 Å². The molecule has 0 bridgehead atoms. The lowest BCUT2D eigenvalue weighted by atomic mass is 10.1. The molecule has 1 aromatic heterocycles. The second kappa shape index (κ2) is 6.33. The van der Waals surface area contributed by atoms with E-state index in [1.807, 2.05) is 33.0 Å². The van der Waals surface area contributed by atoms with E-state index >= 15 is 0 Å². The molecule has 1 aromatic carbocycles. The predicted molar refractivity (Wildman–Crippen MR) is 85.6 cm³/mol. The summed E-state index contributed by atoms with van der Waals surface area (Å²) in [7, 11) is 2.01. The van der Waals surface area contributed by atoms with E-state index in [2.05, 4.69) is 43.2 Å². The first kappa shape index (κ1) is 14.9. The first-order chi connectivity index (χ1) is 9.52. The van der Waals surface area contributed by atoms with Gasteiger partial charge in [0.15, 0.2) is 5.82 Å². The number of aryl methyl sites for hydroxylation is 1. The first-order valence-electron chi connectivity index (χ1n) is 6.51. The molecule has 0 spiro atoms. The molecule has 0 saturated heterocycles. The largest absolute Gasteiger partial charge is 0.354 e. The van der Waals surface area contributed by atoms with Crippen molar-refractivity contribution in [1.29, 1.82) is 0 Å². The Balaban J connectivity index is 2.29. The molecule has 0 aliphatic rings. The van der Waals surface area contributed by atoms with Crippen LogP contribution in [-0.2, 0) is 13.1 Å². The van der Waals surface area contributed by atoms with Gasteiger partial charge in [0.2, 0.25) is 0 Å². The van der Waals surface area contributed by atoms with Crippen molar-refractivity contribution < 1.29 is 0 Å². The number of rotatable bonds is 4. The van der Waals surface area contributed by atoms with Crippen molar-refractivity contribution in [2.45, 2.75) is 26.9 Å². The quantitative estimate of drug-likeness (QED) is 0.933. The molecule has 2 N–H and O–H groups in total. The van der Waals surface area contributed by atoms with Crippen molar-refractivity contribution >= 4 is 21.7 Å². The van der Waals surface area contributed by atoms with Gasteiger partial charge < -0.3 is 10.6 Å². The summed E-state index contributed by atoms with van der Waals surface area (Å²) in [4.78, 5) is 2.09. The second-order valence-corrected chi connectivity index (χ2v) is 5.82. The third kappa shape index (κ3) is 3.16. The fourth-order valence-corrected chi connectivity index (χ4v) is 2.63. The summed E-state index contributed by atoms with van der Waals surface area (Å²) in [5.74, 6) is 0.857. The summed E-state index contributed by atoms with van der Waals surface area (Å²) in [6.45, 7) is 5.24. The fraction of sp³-hybridized carbons (Fsp3) is 0.333. The zero-order valence-corrected chi connectivity index (χ0v) is 13.6. The number of aromatic nitrogens is 2. The van der Waals surface area contributed by atoms with Gasteiger partial charge in [0.25, 0.3) is 0 Å². The molecule has 2 rings (SSSR count). The molecule has 4 nitrogen and oxygen atoms in total. The van der Waals surface area contributed by atoms with Crippen LogP contribution in [0.5, 0.6) is 0 Å². The van der Waals surface area contributed by atoms with E-state index in [0.717, 1.165) is 33.7 Å². The van der Waals surface area contributed by atoms with Crippen molar-refractivity contribution in [3.8, 4) is 0 Å². The highest BCUT2D eigenvalue weighted by molar-refractivity contribution is 9.10. The topological polar surface area (TPSA) is 55.0 Å². The highest BCUT2D eigenvalue weighted by Gasteiger charge is 2.13. The van der Waals surface area contributed by atoms with Gasteiger partial charge in [-0.3, -0.25) is 0 Å². The Morgan fingerprint density at radius 3 is 2.65 bits per heavy atom. The third-order valence-electron chi connectivity index (χ3n) is 3.43. The van der Waals surface area contributed by atoms with Gasteiger partial charge >= 0.3 is 0 Å². The lowest BCUT2D eigenvalue weighted by molar-refractivity contribution is 0.823. The van der Waals surface area contributed by atoms with Crippen LogP contribution in [0.25, 0.3) is 0 Å². The highest BCUT2D eigenvalue weighted by Crippen LogP contribution is 2.22. The Bertz CT molecular complexity index is 613. The Morgan fingerprint density at radius 1 is 1.25 bits per heavy atom. The summed E-state index contributed by atoms with van der Waals surface area (Å²) >= 11 is 3.49. The monoisotopic (exact) mass is 334 g/mol. The number of hydrogen-bond acceptors (Lipinski definition) is 4. The minimum absolute atomic E-state index is 0.473. The van der Waals surface area contributed by atoms with Crippen LogP contribution in [0.4, 0.5) is 5.82 Å². The SMILES string of the molecule is Cc1nnc(N(C)Cc2cccc(Br)c2)c(CN)c1C. The van der Waals surface area contributed by atoms with E-state index in [-0.39, 0.29) is 0 Å². The van der Waals surface area contributed by atoms with Gasteiger partial charge in [-0.05, 0) is 37.1 Å². The number of benzene rings is 1. The Hall–Kier alpha value is -1.46. The molecule has 0 unspecified atom stereocenters. The van der Waals surface area contributed by atoms with Crippen LogP contribution in [0, 0.1) is 13.8 Å². The maximum Gasteiger partial charge on any atom is 0.156 e. The molecule has 0 amide bonds. The summed E-state index contributed by atoms with van der Waals surface area (Å²) in [6.07, 6.45) is 0. The van der Waals surface area contributed by atoms with Crippen LogP contribution in [0.3, 0.4) is 0 Å². The minimum atomic E-state index is 0.473. The Morgan fingerprint density at radius 2 is 2.00 bits per heavy atom. The van der Waals surface area contributed by atoms with Gasteiger partial charge in [0, 0.05) is 30.2 Å². The molecule has 5 heteroatoms. The molecule has 1 heterocycles. The molecule has 0 radical (unpaired) electrons. The zero-order valence-electron chi connectivity index (χ0n) is 12.0. The van der Waals surface area contributed by atoms with Crippen molar-refractivity contribution in [1.82, 2.24) is 10.2 Å². The Kier molecular flexibility index (Phi) is 4.73. The van der Waals surface area contributed by atoms with E-state index < -0.39 is 0 Å². The van der Waals surface area contributed by atoms with Crippen LogP contribution in [-0.4, -0.2) is 17.2 Å². The third-order valence-corrected chi connectivity index (χ3v) is 3.93. The zero-order chi connectivity index (χ0) is 14.7. The molecule has 2 aromatic rings. The Labute approximate surface area is 128 Å². The van der Waals surface area contributed by atoms with Gasteiger partial charge in [-0.15, -0.1) is 5.10 Å². The van der Waals surface area contributed by atoms with Gasteiger partial charge in [-0.1, -0.05) is 28.1 Å². The molecular formula is C15H19BrN4. The number of nitrogens with zero attached hydrogens (tertiary/aromatic N) is 3. The summed E-state index contributed by atoms with van der Waals surface area (Å²) in [5.41, 5.74) is 10.2. The van der Waals surface area contributed by atoms with Crippen molar-refractivity contribution in [2.75, 3.05) is 11.9 Å². The molecule has 0 aliphatic carbocycles. The molecule has 0 aliphatic heterocycles. The van der Waals surface area contributed by atoms with Crippen molar-refractivity contribution in [2.24, 2.45) is 5.73 Å². The fourth-order valence-electron chi connectivity index (χ4n) is 2.18. The average Bonchev–Trinajstić information content (AvgIpc) is 2.41. The molecule has 0 fully saturated rings. The maximum absolute atomic E-state index is 5.87.